The standard InChI is InChI=1S/C21H13F9O5/c1-2-17-9-31-20(34-17,32-10-17)12-5-3-11(4-6-12)18(24,25)33-13-7-14(22)16(15(23)8-13)19(26,27)35-21(28,29)30/h2-8H,1,9-10H2. The summed E-state index contributed by atoms with van der Waals surface area (Å²) in [5.41, 5.74) is -3.96. The van der Waals surface area contributed by atoms with Gasteiger partial charge in [-0.2, -0.15) is 17.6 Å². The SMILES string of the molecule is C=CC12COC(c3ccc(C(F)(F)Oc4cc(F)c(C(F)(F)OC(F)(F)F)c(F)c4)cc3)(OC1)O2. The van der Waals surface area contributed by atoms with Crippen LogP contribution in [-0.4, -0.2) is 25.2 Å². The molecule has 0 atom stereocenters. The highest BCUT2D eigenvalue weighted by Gasteiger charge is 2.59. The lowest BCUT2D eigenvalue weighted by Crippen LogP contribution is -2.33. The third kappa shape index (κ3) is 4.70. The van der Waals surface area contributed by atoms with Crippen molar-refractivity contribution in [2.75, 3.05) is 13.2 Å². The van der Waals surface area contributed by atoms with E-state index in [4.69, 9.17) is 14.2 Å². The first-order chi connectivity index (χ1) is 16.1. The Morgan fingerprint density at radius 3 is 1.86 bits per heavy atom. The van der Waals surface area contributed by atoms with Crippen LogP contribution in [0, 0.1) is 11.6 Å². The maximum absolute atomic E-state index is 14.6. The first-order valence-corrected chi connectivity index (χ1v) is 9.54. The van der Waals surface area contributed by atoms with Gasteiger partial charge in [0, 0.05) is 17.7 Å². The third-order valence-electron chi connectivity index (χ3n) is 5.09. The summed E-state index contributed by atoms with van der Waals surface area (Å²) in [6.45, 7) is 3.84. The van der Waals surface area contributed by atoms with E-state index >= 15 is 0 Å². The highest BCUT2D eigenvalue weighted by Crippen LogP contribution is 2.48. The van der Waals surface area contributed by atoms with Gasteiger partial charge in [0.2, 0.25) is 0 Å². The molecule has 0 amide bonds. The predicted molar refractivity (Wildman–Crippen MR) is 96.0 cm³/mol. The minimum Gasteiger partial charge on any atom is -0.429 e. The van der Waals surface area contributed by atoms with Crippen LogP contribution in [0.25, 0.3) is 0 Å². The quantitative estimate of drug-likeness (QED) is 0.345. The summed E-state index contributed by atoms with van der Waals surface area (Å²) in [5.74, 6) is -7.54. The van der Waals surface area contributed by atoms with Crippen LogP contribution in [0.4, 0.5) is 39.5 Å². The molecule has 2 aliphatic rings. The molecule has 0 radical (unpaired) electrons. The second kappa shape index (κ2) is 8.11. The van der Waals surface area contributed by atoms with Crippen molar-refractivity contribution in [2.45, 2.75) is 30.2 Å². The Hall–Kier alpha value is -2.81. The lowest BCUT2D eigenvalue weighted by Gasteiger charge is -2.25. The summed E-state index contributed by atoms with van der Waals surface area (Å²) < 4.78 is 144. The van der Waals surface area contributed by atoms with E-state index in [1.165, 1.54) is 6.08 Å². The fourth-order valence-corrected chi connectivity index (χ4v) is 3.45. The van der Waals surface area contributed by atoms with Gasteiger partial charge in [0.15, 0.2) is 0 Å². The average molecular weight is 516 g/mol. The third-order valence-corrected chi connectivity index (χ3v) is 5.09. The summed E-state index contributed by atoms with van der Waals surface area (Å²) in [7, 11) is 0. The predicted octanol–water partition coefficient (Wildman–Crippen LogP) is 5.79. The number of hydrogen-bond acceptors (Lipinski definition) is 5. The number of rotatable bonds is 7. The van der Waals surface area contributed by atoms with Gasteiger partial charge < -0.3 is 18.9 Å². The van der Waals surface area contributed by atoms with Gasteiger partial charge >= 0.3 is 24.6 Å². The number of halogens is 9. The Morgan fingerprint density at radius 1 is 0.857 bits per heavy atom. The van der Waals surface area contributed by atoms with Gasteiger partial charge in [0.05, 0.1) is 18.8 Å². The molecule has 5 nitrogen and oxygen atoms in total. The Bertz CT molecular complexity index is 1100. The van der Waals surface area contributed by atoms with Gasteiger partial charge in [-0.05, 0) is 12.1 Å². The number of ether oxygens (including phenoxy) is 5. The molecule has 190 valence electrons. The van der Waals surface area contributed by atoms with Crippen LogP contribution in [0.15, 0.2) is 49.1 Å². The molecule has 2 aliphatic heterocycles. The van der Waals surface area contributed by atoms with E-state index in [0.29, 0.717) is 0 Å². The Morgan fingerprint density at radius 2 is 1.40 bits per heavy atom. The van der Waals surface area contributed by atoms with Crippen molar-refractivity contribution in [1.82, 2.24) is 0 Å². The first kappa shape index (κ1) is 25.3. The molecule has 2 aromatic rings. The van der Waals surface area contributed by atoms with Crippen molar-refractivity contribution in [3.63, 3.8) is 0 Å². The molecule has 0 aliphatic carbocycles. The van der Waals surface area contributed by atoms with Crippen LogP contribution in [0.5, 0.6) is 5.75 Å². The summed E-state index contributed by atoms with van der Waals surface area (Å²) in [6.07, 6.45) is -14.2. The largest absolute Gasteiger partial charge is 0.527 e. The normalized spacial score (nSPS) is 24.6. The van der Waals surface area contributed by atoms with E-state index in [2.05, 4.69) is 16.1 Å². The van der Waals surface area contributed by atoms with Gasteiger partial charge in [-0.1, -0.05) is 18.2 Å². The molecule has 4 rings (SSSR count). The fourth-order valence-electron chi connectivity index (χ4n) is 3.45. The Kier molecular flexibility index (Phi) is 5.86. The van der Waals surface area contributed by atoms with E-state index < -0.39 is 58.7 Å². The lowest BCUT2D eigenvalue weighted by atomic mass is 10.1. The fraction of sp³-hybridized carbons (Fsp3) is 0.333. The maximum atomic E-state index is 14.6. The van der Waals surface area contributed by atoms with Gasteiger partial charge in [0.25, 0.3) is 0 Å². The zero-order chi connectivity index (χ0) is 25.9. The van der Waals surface area contributed by atoms with E-state index in [0.717, 1.165) is 24.3 Å². The smallest absolute Gasteiger partial charge is 0.429 e. The molecular weight excluding hydrogens is 503 g/mol. The van der Waals surface area contributed by atoms with Gasteiger partial charge in [-0.3, -0.25) is 0 Å². The van der Waals surface area contributed by atoms with Crippen LogP contribution in [-0.2, 0) is 37.1 Å². The monoisotopic (exact) mass is 516 g/mol. The molecule has 2 heterocycles. The number of alkyl halides is 7. The van der Waals surface area contributed by atoms with E-state index in [-0.39, 0.29) is 30.9 Å². The zero-order valence-electron chi connectivity index (χ0n) is 17.1. The first-order valence-electron chi connectivity index (χ1n) is 9.54. The van der Waals surface area contributed by atoms with Gasteiger partial charge in [0.1, 0.15) is 28.5 Å². The van der Waals surface area contributed by atoms with Crippen molar-refractivity contribution in [3.05, 3.63) is 77.4 Å². The molecule has 35 heavy (non-hydrogen) atoms. The van der Waals surface area contributed by atoms with Crippen LogP contribution in [0.3, 0.4) is 0 Å². The Labute approximate surface area is 190 Å². The highest BCUT2D eigenvalue weighted by atomic mass is 19.4. The minimum atomic E-state index is -5.94. The summed E-state index contributed by atoms with van der Waals surface area (Å²) >= 11 is 0. The average Bonchev–Trinajstić information content (AvgIpc) is 3.29. The van der Waals surface area contributed by atoms with Gasteiger partial charge in [-0.15, -0.1) is 19.8 Å². The van der Waals surface area contributed by atoms with Crippen LogP contribution < -0.4 is 4.74 Å². The van der Waals surface area contributed by atoms with Crippen LogP contribution in [0.2, 0.25) is 0 Å². The molecule has 2 saturated heterocycles. The molecule has 0 unspecified atom stereocenters. The van der Waals surface area contributed by atoms with E-state index in [9.17, 15) is 39.5 Å². The number of hydrogen-bond donors (Lipinski definition) is 0. The number of benzene rings is 2. The van der Waals surface area contributed by atoms with Crippen LogP contribution in [0.1, 0.15) is 16.7 Å². The highest BCUT2D eigenvalue weighted by molar-refractivity contribution is 5.34. The molecule has 0 saturated carbocycles. The van der Waals surface area contributed by atoms with E-state index in [1.807, 2.05) is 0 Å². The molecule has 2 bridgehead atoms. The molecule has 2 aromatic carbocycles. The van der Waals surface area contributed by atoms with Crippen molar-refractivity contribution in [3.8, 4) is 5.75 Å². The van der Waals surface area contributed by atoms with E-state index in [1.54, 1.807) is 0 Å². The maximum Gasteiger partial charge on any atom is 0.527 e. The van der Waals surface area contributed by atoms with Gasteiger partial charge in [-0.25, -0.2) is 13.5 Å². The topological polar surface area (TPSA) is 46.2 Å². The summed E-state index contributed by atoms with van der Waals surface area (Å²) in [5, 5.41) is 0. The van der Waals surface area contributed by atoms with Crippen molar-refractivity contribution in [1.29, 1.82) is 0 Å². The lowest BCUT2D eigenvalue weighted by molar-refractivity contribution is -0.432. The summed E-state index contributed by atoms with van der Waals surface area (Å²) in [4.78, 5) is 0. The molecule has 0 N–H and O–H groups in total. The van der Waals surface area contributed by atoms with Crippen molar-refractivity contribution >= 4 is 0 Å². The molecule has 14 heteroatoms. The molecule has 2 fully saturated rings. The second-order valence-electron chi connectivity index (χ2n) is 7.53. The second-order valence-corrected chi connectivity index (χ2v) is 7.53. The number of fused-ring (bicyclic) bond motifs is 2. The Balaban J connectivity index is 1.54. The van der Waals surface area contributed by atoms with Crippen LogP contribution >= 0.6 is 0 Å². The minimum absolute atomic E-state index is 0.109. The zero-order valence-corrected chi connectivity index (χ0v) is 17.1. The van der Waals surface area contributed by atoms with Crippen molar-refractivity contribution < 1.29 is 63.2 Å². The molecular formula is C21H13F9O5. The molecule has 0 aromatic heterocycles. The van der Waals surface area contributed by atoms with Crippen molar-refractivity contribution in [2.24, 2.45) is 0 Å². The summed E-state index contributed by atoms with van der Waals surface area (Å²) in [6, 6.07) is 3.76. The molecule has 0 spiro atoms.